The van der Waals surface area contributed by atoms with Crippen molar-refractivity contribution < 1.29 is 24.5 Å². The van der Waals surface area contributed by atoms with Gasteiger partial charge in [-0.2, -0.15) is 15.0 Å². The van der Waals surface area contributed by atoms with Crippen LogP contribution in [0.2, 0.25) is 0 Å². The lowest BCUT2D eigenvalue weighted by Crippen LogP contribution is -2.49. The highest BCUT2D eigenvalue weighted by molar-refractivity contribution is 6.00. The van der Waals surface area contributed by atoms with Crippen LogP contribution in [0.5, 0.6) is 0 Å². The van der Waals surface area contributed by atoms with Crippen molar-refractivity contribution in [2.45, 2.75) is 62.8 Å². The normalized spacial score (nSPS) is 24.9. The number of fused-ring (bicyclic) bond motifs is 2. The van der Waals surface area contributed by atoms with Crippen LogP contribution in [0.15, 0.2) is 48.5 Å². The molecule has 0 spiro atoms. The number of piperazine rings is 1. The van der Waals surface area contributed by atoms with Gasteiger partial charge in [0, 0.05) is 68.3 Å². The van der Waals surface area contributed by atoms with Gasteiger partial charge in [0.1, 0.15) is 0 Å². The lowest BCUT2D eigenvalue weighted by molar-refractivity contribution is 0.0299. The Morgan fingerprint density at radius 3 is 1.90 bits per heavy atom. The molecule has 2 bridgehead atoms. The zero-order chi connectivity index (χ0) is 34.9. The Morgan fingerprint density at radius 2 is 1.31 bits per heavy atom. The number of amides is 3. The van der Waals surface area contributed by atoms with E-state index in [2.05, 4.69) is 20.4 Å². The van der Waals surface area contributed by atoms with Gasteiger partial charge in [0.05, 0.1) is 37.5 Å². The zero-order valence-electron chi connectivity index (χ0n) is 28.9. The highest BCUT2D eigenvalue weighted by Gasteiger charge is 2.38. The molecule has 14 heteroatoms. The number of aliphatic hydroxyl groups excluding tert-OH is 2. The van der Waals surface area contributed by atoms with Crippen molar-refractivity contribution >= 4 is 35.2 Å². The van der Waals surface area contributed by atoms with Gasteiger partial charge >= 0.3 is 6.03 Å². The predicted octanol–water partition coefficient (Wildman–Crippen LogP) is 3.04. The molecule has 4 saturated heterocycles. The molecule has 4 N–H and O–H groups in total. The van der Waals surface area contributed by atoms with Gasteiger partial charge in [-0.3, -0.25) is 9.69 Å². The number of morpholine rings is 1. The average Bonchev–Trinajstić information content (AvgIpc) is 3.77. The Bertz CT molecular complexity index is 1670. The van der Waals surface area contributed by atoms with E-state index < -0.39 is 6.03 Å². The van der Waals surface area contributed by atoms with Crippen LogP contribution in [-0.2, 0) is 4.74 Å². The molecule has 5 fully saturated rings. The highest BCUT2D eigenvalue weighted by atomic mass is 16.5. The number of anilines is 4. The minimum atomic E-state index is -0.403. The lowest BCUT2D eigenvalue weighted by atomic mass is 10.1. The van der Waals surface area contributed by atoms with Gasteiger partial charge in [-0.25, -0.2) is 4.79 Å². The van der Waals surface area contributed by atoms with Gasteiger partial charge < -0.3 is 40.3 Å². The van der Waals surface area contributed by atoms with Crippen molar-refractivity contribution in [2.24, 2.45) is 5.92 Å². The van der Waals surface area contributed by atoms with Crippen LogP contribution in [0, 0.1) is 5.92 Å². The summed E-state index contributed by atoms with van der Waals surface area (Å²) in [5, 5.41) is 26.0. The summed E-state index contributed by atoms with van der Waals surface area (Å²) in [6.07, 6.45) is 6.48. The van der Waals surface area contributed by atoms with Crippen molar-refractivity contribution in [2.75, 3.05) is 79.5 Å². The quantitative estimate of drug-likeness (QED) is 0.247. The topological polar surface area (TPSA) is 160 Å². The molecule has 4 atom stereocenters. The van der Waals surface area contributed by atoms with Crippen LogP contribution in [0.3, 0.4) is 0 Å². The highest BCUT2D eigenvalue weighted by Crippen LogP contribution is 2.34. The van der Waals surface area contributed by atoms with Crippen molar-refractivity contribution in [3.05, 3.63) is 54.1 Å². The first-order chi connectivity index (χ1) is 24.9. The third-order valence-corrected chi connectivity index (χ3v) is 10.9. The first-order valence-corrected chi connectivity index (χ1v) is 18.4. The molecule has 270 valence electrons. The fourth-order valence-corrected chi connectivity index (χ4v) is 7.84. The molecular formula is C37H47N9O5. The molecule has 3 aromatic rings. The van der Waals surface area contributed by atoms with Crippen LogP contribution >= 0.6 is 0 Å². The number of ether oxygens (including phenoxy) is 1. The fourth-order valence-electron chi connectivity index (χ4n) is 7.84. The van der Waals surface area contributed by atoms with E-state index in [4.69, 9.17) is 19.7 Å². The van der Waals surface area contributed by atoms with Crippen molar-refractivity contribution in [3.8, 4) is 11.4 Å². The zero-order valence-corrected chi connectivity index (χ0v) is 28.9. The summed E-state index contributed by atoms with van der Waals surface area (Å²) in [6, 6.07) is 13.5. The molecule has 5 heterocycles. The summed E-state index contributed by atoms with van der Waals surface area (Å²) in [5.74, 6) is 2.33. The number of aromatic nitrogens is 3. The number of hydrogen-bond acceptors (Lipinski definition) is 11. The van der Waals surface area contributed by atoms with Gasteiger partial charge in [-0.05, 0) is 93.0 Å². The van der Waals surface area contributed by atoms with E-state index in [0.29, 0.717) is 47.7 Å². The third-order valence-electron chi connectivity index (χ3n) is 10.9. The van der Waals surface area contributed by atoms with E-state index >= 15 is 0 Å². The van der Waals surface area contributed by atoms with Gasteiger partial charge in [0.15, 0.2) is 5.82 Å². The van der Waals surface area contributed by atoms with E-state index in [1.165, 1.54) is 12.8 Å². The summed E-state index contributed by atoms with van der Waals surface area (Å²) >= 11 is 0. The van der Waals surface area contributed by atoms with Crippen molar-refractivity contribution in [1.29, 1.82) is 0 Å². The summed E-state index contributed by atoms with van der Waals surface area (Å²) in [6.45, 7) is 5.75. The molecule has 8 rings (SSSR count). The minimum absolute atomic E-state index is 0.0218. The second-order valence-corrected chi connectivity index (χ2v) is 14.5. The predicted molar refractivity (Wildman–Crippen MR) is 193 cm³/mol. The second-order valence-electron chi connectivity index (χ2n) is 14.5. The number of nitrogens with one attached hydrogen (secondary N) is 2. The fraction of sp³-hybridized carbons (Fsp3) is 0.541. The maximum Gasteiger partial charge on any atom is 0.323 e. The molecule has 1 saturated carbocycles. The summed E-state index contributed by atoms with van der Waals surface area (Å²) in [7, 11) is 0. The van der Waals surface area contributed by atoms with Crippen LogP contribution in [0.1, 0.15) is 48.9 Å². The Hall–Kier alpha value is -4.37. The molecule has 2 aromatic carbocycles. The largest absolute Gasteiger partial charge is 0.394 e. The Kier molecular flexibility index (Phi) is 9.73. The monoisotopic (exact) mass is 697 g/mol. The average molecular weight is 698 g/mol. The van der Waals surface area contributed by atoms with Crippen molar-refractivity contribution in [3.63, 3.8) is 0 Å². The van der Waals surface area contributed by atoms with Crippen molar-refractivity contribution in [1.82, 2.24) is 24.8 Å². The molecular weight excluding hydrogens is 650 g/mol. The van der Waals surface area contributed by atoms with Crippen LogP contribution in [-0.4, -0.2) is 130 Å². The molecule has 4 aliphatic heterocycles. The summed E-state index contributed by atoms with van der Waals surface area (Å²) in [5.41, 5.74) is 2.53. The Labute approximate surface area is 297 Å². The number of carbonyl (C=O) groups is 2. The third kappa shape index (κ3) is 7.64. The number of carbonyl (C=O) groups excluding carboxylic acids is 2. The van der Waals surface area contributed by atoms with E-state index in [-0.39, 0.29) is 43.4 Å². The van der Waals surface area contributed by atoms with E-state index in [1.54, 1.807) is 36.4 Å². The Morgan fingerprint density at radius 1 is 0.725 bits per heavy atom. The molecule has 0 radical (unpaired) electrons. The van der Waals surface area contributed by atoms with E-state index in [1.807, 2.05) is 21.9 Å². The number of hydrogen-bond donors (Lipinski definition) is 4. The first-order valence-electron chi connectivity index (χ1n) is 18.4. The number of urea groups is 1. The van der Waals surface area contributed by atoms with Gasteiger partial charge in [0.2, 0.25) is 11.9 Å². The number of aliphatic hydroxyl groups is 2. The van der Waals surface area contributed by atoms with Gasteiger partial charge in [-0.1, -0.05) is 0 Å². The minimum Gasteiger partial charge on any atom is -0.394 e. The smallest absolute Gasteiger partial charge is 0.323 e. The number of rotatable bonds is 10. The van der Waals surface area contributed by atoms with E-state index in [9.17, 15) is 19.8 Å². The van der Waals surface area contributed by atoms with Crippen LogP contribution in [0.4, 0.5) is 28.1 Å². The SMILES string of the molecule is O=C(Nc1ccc(C(=O)N2CCN(CC3CC3)CC2)cc1)Nc1ccc(-c2nc(N3CC4CCC(C3)O4)nc(N3[C@H](CO)CC[C@@H]3CO)n2)cc1. The second kappa shape index (κ2) is 14.7. The molecule has 1 aromatic heterocycles. The summed E-state index contributed by atoms with van der Waals surface area (Å²) in [4.78, 5) is 49.0. The Balaban J connectivity index is 0.920. The summed E-state index contributed by atoms with van der Waals surface area (Å²) < 4.78 is 6.05. The number of nitrogens with zero attached hydrogens (tertiary/aromatic N) is 7. The molecule has 3 amide bonds. The lowest BCUT2D eigenvalue weighted by Gasteiger charge is -2.34. The molecule has 5 aliphatic rings. The molecule has 1 aliphatic carbocycles. The number of benzene rings is 2. The maximum atomic E-state index is 13.1. The molecule has 2 unspecified atom stereocenters. The van der Waals surface area contributed by atoms with Crippen LogP contribution in [0.25, 0.3) is 11.4 Å². The maximum absolute atomic E-state index is 13.1. The van der Waals surface area contributed by atoms with Gasteiger partial charge in [0.25, 0.3) is 5.91 Å². The van der Waals surface area contributed by atoms with Gasteiger partial charge in [-0.15, -0.1) is 0 Å². The standard InChI is InChI=1S/C37H47N9O5/c47-22-29-11-12-30(23-48)46(29)36-41-33(40-35(42-36)45-20-31-13-14-32(21-45)51-31)25-3-7-27(8-4-25)38-37(50)39-28-9-5-26(6-10-28)34(49)44-17-15-43(16-18-44)19-24-1-2-24/h3-10,24,29-32,47-48H,1-2,11-23H2,(H2,38,39,50)/t29-,30+,31?,32?. The molecule has 51 heavy (non-hydrogen) atoms. The van der Waals surface area contributed by atoms with Crippen LogP contribution < -0.4 is 20.4 Å². The molecule has 14 nitrogen and oxygen atoms in total. The van der Waals surface area contributed by atoms with E-state index in [0.717, 1.165) is 69.9 Å². The first kappa shape index (κ1) is 33.8.